The van der Waals surface area contributed by atoms with E-state index in [0.29, 0.717) is 5.56 Å². The molecule has 1 N–H and O–H groups in total. The van der Waals surface area contributed by atoms with Crippen molar-refractivity contribution in [1.29, 1.82) is 0 Å². The number of hydrogen-bond acceptors (Lipinski definition) is 1. The van der Waals surface area contributed by atoms with Crippen LogP contribution in [0.1, 0.15) is 5.48 Å². The molecule has 0 spiro atoms. The summed E-state index contributed by atoms with van der Waals surface area (Å²) in [5.74, 6) is 0. The van der Waals surface area contributed by atoms with Crippen LogP contribution in [0.25, 0.3) is 44.2 Å². The molecule has 1 nitrogen and oxygen atoms in total. The molecule has 166 valence electrons. The zero-order valence-electron chi connectivity index (χ0n) is 23.0. The summed E-state index contributed by atoms with van der Waals surface area (Å²) in [6.45, 7) is 0. The Bertz CT molecular complexity index is 1780. The summed E-state index contributed by atoms with van der Waals surface area (Å²) in [6.07, 6.45) is 0. The molecule has 0 aliphatic heterocycles. The average molecular weight is 452 g/mol. The van der Waals surface area contributed by atoms with Crippen LogP contribution in [0.15, 0.2) is 145 Å². The van der Waals surface area contributed by atoms with Gasteiger partial charge in [-0.1, -0.05) is 121 Å². The molecule has 0 heterocycles. The first-order valence-electron chi connectivity index (χ1n) is 13.6. The fourth-order valence-electron chi connectivity index (χ4n) is 4.41. The Morgan fingerprint density at radius 2 is 1.09 bits per heavy atom. The summed E-state index contributed by atoms with van der Waals surface area (Å²) in [5, 5.41) is 5.17. The molecule has 0 unspecified atom stereocenters. The predicted molar refractivity (Wildman–Crippen MR) is 150 cm³/mol. The molecule has 0 radical (unpaired) electrons. The molecule has 0 aliphatic rings. The Labute approximate surface area is 212 Å². The van der Waals surface area contributed by atoms with Gasteiger partial charge in [0.2, 0.25) is 0 Å². The summed E-state index contributed by atoms with van der Waals surface area (Å²) < 4.78 is 35.4. The molecule has 0 atom stereocenters. The molecule has 6 aromatic rings. The lowest BCUT2D eigenvalue weighted by Crippen LogP contribution is -1.92. The third-order valence-electron chi connectivity index (χ3n) is 6.15. The van der Waals surface area contributed by atoms with Crippen LogP contribution in [-0.2, 0) is 0 Å². The molecule has 0 amide bonds. The van der Waals surface area contributed by atoms with Crippen LogP contribution in [0.2, 0.25) is 0 Å². The van der Waals surface area contributed by atoms with Crippen LogP contribution in [0.5, 0.6) is 0 Å². The van der Waals surface area contributed by atoms with Crippen molar-refractivity contribution in [3.05, 3.63) is 145 Å². The highest BCUT2D eigenvalue weighted by molar-refractivity contribution is 5.95. The molecule has 0 aromatic heterocycles. The Kier molecular flexibility index (Phi) is 4.50. The van der Waals surface area contributed by atoms with Gasteiger partial charge in [0, 0.05) is 16.8 Å². The van der Waals surface area contributed by atoms with Crippen LogP contribution in [0, 0.1) is 0 Å². The minimum atomic E-state index is -0.104. The highest BCUT2D eigenvalue weighted by Gasteiger charge is 2.10. The van der Waals surface area contributed by atoms with Crippen molar-refractivity contribution < 1.29 is 5.48 Å². The highest BCUT2D eigenvalue weighted by Crippen LogP contribution is 2.36. The quantitative estimate of drug-likeness (QED) is 0.275. The first kappa shape index (κ1) is 16.9. The number of nitrogens with one attached hydrogen (secondary N) is 1. The van der Waals surface area contributed by atoms with Crippen LogP contribution in [-0.4, -0.2) is 0 Å². The number of rotatable bonds is 5. The highest BCUT2D eigenvalue weighted by atomic mass is 14.9. The van der Waals surface area contributed by atoms with Gasteiger partial charge in [-0.25, -0.2) is 0 Å². The van der Waals surface area contributed by atoms with Gasteiger partial charge in [-0.15, -0.1) is 0 Å². The van der Waals surface area contributed by atoms with E-state index in [2.05, 4.69) is 17.4 Å². The molecule has 6 rings (SSSR count). The second kappa shape index (κ2) is 9.32. The van der Waals surface area contributed by atoms with Crippen molar-refractivity contribution >= 4 is 22.1 Å². The molecule has 0 bridgehead atoms. The van der Waals surface area contributed by atoms with E-state index in [-0.39, 0.29) is 35.4 Å². The van der Waals surface area contributed by atoms with Gasteiger partial charge >= 0.3 is 0 Å². The summed E-state index contributed by atoms with van der Waals surface area (Å²) >= 11 is 0. The van der Waals surface area contributed by atoms with Gasteiger partial charge in [-0.05, 0) is 63.0 Å². The zero-order chi connectivity index (χ0) is 26.9. The van der Waals surface area contributed by atoms with Crippen LogP contribution >= 0.6 is 0 Å². The van der Waals surface area contributed by atoms with E-state index < -0.39 is 0 Å². The van der Waals surface area contributed by atoms with E-state index >= 15 is 0 Å². The summed E-state index contributed by atoms with van der Waals surface area (Å²) in [4.78, 5) is 0. The maximum absolute atomic E-state index is 8.90. The number of fused-ring (bicyclic) bond motifs is 1. The normalized spacial score (nSPS) is 12.5. The standard InChI is InChI=1S/C34H25N/c1-3-10-26(11-4-1)31-23-20-29(24-33(31)28-12-5-2-6-13-28)25-18-21-30(22-19-25)35-34-17-9-15-27-14-7-8-16-32(27)34/h1-24,35H/i18D,19D,21D,22D. The molecule has 0 saturated heterocycles. The second-order valence-electron chi connectivity index (χ2n) is 8.39. The van der Waals surface area contributed by atoms with Gasteiger partial charge in [-0.2, -0.15) is 0 Å². The van der Waals surface area contributed by atoms with E-state index in [0.717, 1.165) is 38.7 Å². The fraction of sp³-hybridized carbons (Fsp3) is 0. The van der Waals surface area contributed by atoms with Gasteiger partial charge in [0.15, 0.2) is 0 Å². The number of hydrogen-bond donors (Lipinski definition) is 1. The minimum Gasteiger partial charge on any atom is -0.355 e. The van der Waals surface area contributed by atoms with Gasteiger partial charge in [0.1, 0.15) is 0 Å². The summed E-state index contributed by atoms with van der Waals surface area (Å²) in [7, 11) is 0. The molecule has 0 aliphatic carbocycles. The molecular weight excluding hydrogens is 422 g/mol. The van der Waals surface area contributed by atoms with E-state index in [9.17, 15) is 0 Å². The Morgan fingerprint density at radius 3 is 1.83 bits per heavy atom. The first-order valence-corrected chi connectivity index (χ1v) is 11.6. The zero-order valence-corrected chi connectivity index (χ0v) is 19.0. The smallest absolute Gasteiger partial charge is 0.0645 e. The predicted octanol–water partition coefficient (Wildman–Crippen LogP) is 9.58. The Hall–Kier alpha value is -4.62. The van der Waals surface area contributed by atoms with Crippen LogP contribution < -0.4 is 5.32 Å². The monoisotopic (exact) mass is 451 g/mol. The average Bonchev–Trinajstić information content (AvgIpc) is 2.99. The number of benzene rings is 6. The molecule has 0 fully saturated rings. The minimum absolute atomic E-state index is 0.0785. The molecule has 1 heteroatoms. The molecule has 35 heavy (non-hydrogen) atoms. The lowest BCUT2D eigenvalue weighted by Gasteiger charge is -2.14. The Morgan fingerprint density at radius 1 is 0.457 bits per heavy atom. The topological polar surface area (TPSA) is 12.0 Å². The largest absolute Gasteiger partial charge is 0.355 e. The van der Waals surface area contributed by atoms with Crippen molar-refractivity contribution in [3.63, 3.8) is 0 Å². The summed E-state index contributed by atoms with van der Waals surface area (Å²) in [5.41, 5.74) is 5.91. The van der Waals surface area contributed by atoms with Crippen molar-refractivity contribution in [2.24, 2.45) is 0 Å². The van der Waals surface area contributed by atoms with Gasteiger partial charge in [0.05, 0.1) is 5.48 Å². The maximum atomic E-state index is 8.90. The summed E-state index contributed by atoms with van der Waals surface area (Å²) in [6, 6.07) is 39.3. The van der Waals surface area contributed by atoms with E-state index in [1.54, 1.807) is 0 Å². The second-order valence-corrected chi connectivity index (χ2v) is 8.39. The van der Waals surface area contributed by atoms with Crippen molar-refractivity contribution in [2.45, 2.75) is 0 Å². The van der Waals surface area contributed by atoms with Crippen molar-refractivity contribution in [1.82, 2.24) is 0 Å². The van der Waals surface area contributed by atoms with Gasteiger partial charge in [-0.3, -0.25) is 0 Å². The van der Waals surface area contributed by atoms with Crippen molar-refractivity contribution in [2.75, 3.05) is 5.32 Å². The maximum Gasteiger partial charge on any atom is 0.0645 e. The van der Waals surface area contributed by atoms with E-state index in [1.165, 1.54) is 0 Å². The van der Waals surface area contributed by atoms with E-state index in [1.807, 2.05) is 109 Å². The lowest BCUT2D eigenvalue weighted by molar-refractivity contribution is 1.54. The number of anilines is 2. The molecular formula is C34H25N. The van der Waals surface area contributed by atoms with E-state index in [4.69, 9.17) is 5.48 Å². The molecule has 6 aromatic carbocycles. The lowest BCUT2D eigenvalue weighted by atomic mass is 9.91. The van der Waals surface area contributed by atoms with Crippen molar-refractivity contribution in [3.8, 4) is 33.4 Å². The molecule has 0 saturated carbocycles. The first-order chi connectivity index (χ1) is 19.0. The third-order valence-corrected chi connectivity index (χ3v) is 6.15. The van der Waals surface area contributed by atoms with Gasteiger partial charge < -0.3 is 5.32 Å². The third kappa shape index (κ3) is 4.32. The van der Waals surface area contributed by atoms with Crippen LogP contribution in [0.3, 0.4) is 0 Å². The van der Waals surface area contributed by atoms with Crippen LogP contribution in [0.4, 0.5) is 11.4 Å². The Balaban J connectivity index is 1.50. The van der Waals surface area contributed by atoms with Gasteiger partial charge in [0.25, 0.3) is 0 Å². The fourth-order valence-corrected chi connectivity index (χ4v) is 4.41. The SMILES string of the molecule is [2H]c1c([2H])c(-c2ccc(-c3ccccc3)c(-c3ccccc3)c2)c([2H])c([2H])c1Nc1cccc2ccccc12.